The summed E-state index contributed by atoms with van der Waals surface area (Å²) in [4.78, 5) is 20.8. The summed E-state index contributed by atoms with van der Waals surface area (Å²) in [5.74, 6) is -0.856. The highest BCUT2D eigenvalue weighted by Gasteiger charge is 2.16. The molecule has 0 aromatic rings. The largest absolute Gasteiger partial charge is 0.461 e. The van der Waals surface area contributed by atoms with Gasteiger partial charge in [0.2, 0.25) is 0 Å². The second kappa shape index (κ2) is 11.9. The fraction of sp³-hybridized carbons (Fsp3) is 0.500. The van der Waals surface area contributed by atoms with Gasteiger partial charge in [0.1, 0.15) is 13.2 Å². The molecule has 0 radical (unpaired) electrons. The molecule has 0 N–H and O–H groups in total. The highest BCUT2D eigenvalue weighted by atomic mass is 16.6. The Hall–Kier alpha value is -2.13. The molecule has 1 aliphatic rings. The van der Waals surface area contributed by atoms with Gasteiger partial charge in [-0.1, -0.05) is 13.2 Å². The van der Waals surface area contributed by atoms with Gasteiger partial charge in [-0.2, -0.15) is 5.26 Å². The average Bonchev–Trinajstić information content (AvgIpc) is 2.98. The Labute approximate surface area is 118 Å². The van der Waals surface area contributed by atoms with Gasteiger partial charge < -0.3 is 14.2 Å². The molecule has 6 nitrogen and oxygen atoms in total. The minimum absolute atomic E-state index is 0.110. The summed E-state index contributed by atoms with van der Waals surface area (Å²) >= 11 is 0. The molecule has 1 saturated heterocycles. The number of rotatable bonds is 6. The Bertz CT molecular complexity index is 366. The molecule has 6 heteroatoms. The molecule has 0 spiro atoms. The van der Waals surface area contributed by atoms with Gasteiger partial charge >= 0.3 is 11.9 Å². The maximum Gasteiger partial charge on any atom is 0.330 e. The van der Waals surface area contributed by atoms with E-state index in [1.807, 2.05) is 6.07 Å². The molecular weight excluding hydrogens is 262 g/mol. The van der Waals surface area contributed by atoms with Gasteiger partial charge in [-0.15, -0.1) is 0 Å². The second-order valence-electron chi connectivity index (χ2n) is 3.75. The topological polar surface area (TPSA) is 85.6 Å². The lowest BCUT2D eigenvalue weighted by molar-refractivity contribution is -0.141. The van der Waals surface area contributed by atoms with Crippen LogP contribution in [0.2, 0.25) is 0 Å². The third kappa shape index (κ3) is 9.85. The molecular formula is C14H19NO5. The minimum Gasteiger partial charge on any atom is -0.461 e. The van der Waals surface area contributed by atoms with Crippen molar-refractivity contribution in [3.8, 4) is 6.07 Å². The lowest BCUT2D eigenvalue weighted by Gasteiger charge is -2.07. The number of hydrogen-bond acceptors (Lipinski definition) is 6. The standard InChI is InChI=1S/C8H12O3.C6H7NO2/c1-2-8(9)11-6-7-4-3-5-10-7;1-2-6(8)9-5-3-4-7/h2,7H,1,3-6H2;2H,1,3,5H2. The van der Waals surface area contributed by atoms with Crippen LogP contribution in [0.15, 0.2) is 25.3 Å². The fourth-order valence-electron chi connectivity index (χ4n) is 1.27. The van der Waals surface area contributed by atoms with E-state index in [1.165, 1.54) is 0 Å². The Kier molecular flexibility index (Phi) is 10.7. The van der Waals surface area contributed by atoms with Crippen molar-refractivity contribution in [2.24, 2.45) is 0 Å². The van der Waals surface area contributed by atoms with Crippen LogP contribution in [0.25, 0.3) is 0 Å². The van der Waals surface area contributed by atoms with E-state index >= 15 is 0 Å². The monoisotopic (exact) mass is 281 g/mol. The van der Waals surface area contributed by atoms with E-state index in [1.54, 1.807) is 0 Å². The van der Waals surface area contributed by atoms with Gasteiger partial charge in [0, 0.05) is 18.8 Å². The maximum atomic E-state index is 10.6. The van der Waals surface area contributed by atoms with Crippen molar-refractivity contribution < 1.29 is 23.8 Å². The van der Waals surface area contributed by atoms with E-state index in [0.29, 0.717) is 6.61 Å². The van der Waals surface area contributed by atoms with Crippen molar-refractivity contribution in [2.45, 2.75) is 25.4 Å². The zero-order valence-electron chi connectivity index (χ0n) is 11.4. The Balaban J connectivity index is 0.000000370. The highest BCUT2D eigenvalue weighted by Crippen LogP contribution is 2.11. The van der Waals surface area contributed by atoms with Crippen LogP contribution in [0, 0.1) is 11.3 Å². The van der Waals surface area contributed by atoms with E-state index in [4.69, 9.17) is 14.7 Å². The van der Waals surface area contributed by atoms with Crippen molar-refractivity contribution in [1.29, 1.82) is 5.26 Å². The molecule has 1 fully saturated rings. The zero-order chi connectivity index (χ0) is 15.2. The second-order valence-corrected chi connectivity index (χ2v) is 3.75. The predicted octanol–water partition coefficient (Wildman–Crippen LogP) is 1.52. The highest BCUT2D eigenvalue weighted by molar-refractivity contribution is 5.81. The number of ether oxygens (including phenoxy) is 3. The van der Waals surface area contributed by atoms with Gasteiger partial charge in [0.25, 0.3) is 0 Å². The van der Waals surface area contributed by atoms with Crippen molar-refractivity contribution in [3.05, 3.63) is 25.3 Å². The first-order chi connectivity index (χ1) is 9.63. The van der Waals surface area contributed by atoms with Gasteiger partial charge in [-0.05, 0) is 12.8 Å². The van der Waals surface area contributed by atoms with Crippen LogP contribution in [-0.2, 0) is 23.8 Å². The summed E-state index contributed by atoms with van der Waals surface area (Å²) in [6.07, 6.45) is 4.63. The lowest BCUT2D eigenvalue weighted by atomic mass is 10.2. The summed E-state index contributed by atoms with van der Waals surface area (Å²) in [6, 6.07) is 1.84. The molecule has 0 aliphatic carbocycles. The summed E-state index contributed by atoms with van der Waals surface area (Å²) in [5.41, 5.74) is 0. The first-order valence-electron chi connectivity index (χ1n) is 6.21. The number of nitriles is 1. The molecule has 0 bridgehead atoms. The first-order valence-corrected chi connectivity index (χ1v) is 6.21. The molecule has 20 heavy (non-hydrogen) atoms. The number of carbonyl (C=O) groups excluding carboxylic acids is 2. The van der Waals surface area contributed by atoms with E-state index in [9.17, 15) is 9.59 Å². The number of nitrogens with zero attached hydrogens (tertiary/aromatic N) is 1. The van der Waals surface area contributed by atoms with Gasteiger partial charge in [0.15, 0.2) is 0 Å². The summed E-state index contributed by atoms with van der Waals surface area (Å²) in [6.45, 7) is 7.78. The average molecular weight is 281 g/mol. The molecule has 110 valence electrons. The van der Waals surface area contributed by atoms with Crippen LogP contribution in [0.5, 0.6) is 0 Å². The van der Waals surface area contributed by atoms with Crippen LogP contribution >= 0.6 is 0 Å². The fourth-order valence-corrected chi connectivity index (χ4v) is 1.27. The Morgan fingerprint density at radius 3 is 2.45 bits per heavy atom. The molecule has 1 atom stereocenters. The molecule has 0 saturated carbocycles. The van der Waals surface area contributed by atoms with Gasteiger partial charge in [0.05, 0.1) is 18.6 Å². The molecule has 1 aliphatic heterocycles. The molecule has 0 amide bonds. The Morgan fingerprint density at radius 2 is 1.95 bits per heavy atom. The molecule has 0 aromatic carbocycles. The maximum absolute atomic E-state index is 10.6. The van der Waals surface area contributed by atoms with Crippen LogP contribution in [-0.4, -0.2) is 37.9 Å². The third-order valence-corrected chi connectivity index (χ3v) is 2.23. The first kappa shape index (κ1) is 17.9. The number of carbonyl (C=O) groups is 2. The van der Waals surface area contributed by atoms with Gasteiger partial charge in [-0.25, -0.2) is 9.59 Å². The van der Waals surface area contributed by atoms with E-state index in [-0.39, 0.29) is 25.1 Å². The van der Waals surface area contributed by atoms with Crippen LogP contribution in [0.1, 0.15) is 19.3 Å². The zero-order valence-corrected chi connectivity index (χ0v) is 11.4. The van der Waals surface area contributed by atoms with Crippen molar-refractivity contribution in [3.63, 3.8) is 0 Å². The van der Waals surface area contributed by atoms with Crippen LogP contribution < -0.4 is 0 Å². The van der Waals surface area contributed by atoms with E-state index in [0.717, 1.165) is 31.6 Å². The van der Waals surface area contributed by atoms with Crippen LogP contribution in [0.3, 0.4) is 0 Å². The van der Waals surface area contributed by atoms with Crippen LogP contribution in [0.4, 0.5) is 0 Å². The summed E-state index contributed by atoms with van der Waals surface area (Å²) in [7, 11) is 0. The predicted molar refractivity (Wildman–Crippen MR) is 71.5 cm³/mol. The smallest absolute Gasteiger partial charge is 0.330 e. The quantitative estimate of drug-likeness (QED) is 0.417. The van der Waals surface area contributed by atoms with E-state index < -0.39 is 5.97 Å². The van der Waals surface area contributed by atoms with Gasteiger partial charge in [-0.3, -0.25) is 0 Å². The normalized spacial score (nSPS) is 16.1. The SMILES string of the molecule is C=CC(=O)OCC1CCCO1.C=CC(=O)OCCC#N. The summed E-state index contributed by atoms with van der Waals surface area (Å²) in [5, 5.41) is 7.98. The third-order valence-electron chi connectivity index (χ3n) is 2.23. The molecule has 1 unspecified atom stereocenters. The lowest BCUT2D eigenvalue weighted by Crippen LogP contribution is -2.16. The minimum atomic E-state index is -0.481. The van der Waals surface area contributed by atoms with Crippen molar-refractivity contribution in [1.82, 2.24) is 0 Å². The van der Waals surface area contributed by atoms with Crippen molar-refractivity contribution in [2.75, 3.05) is 19.8 Å². The molecule has 0 aromatic heterocycles. The number of hydrogen-bond donors (Lipinski definition) is 0. The summed E-state index contributed by atoms with van der Waals surface area (Å²) < 4.78 is 14.5. The van der Waals surface area contributed by atoms with E-state index in [2.05, 4.69) is 17.9 Å². The molecule has 1 rings (SSSR count). The molecule has 1 heterocycles. The number of esters is 2. The Morgan fingerprint density at radius 1 is 1.30 bits per heavy atom. The van der Waals surface area contributed by atoms with Crippen molar-refractivity contribution >= 4 is 11.9 Å².